The predicted molar refractivity (Wildman–Crippen MR) is 92.0 cm³/mol. The minimum absolute atomic E-state index is 0.0171. The van der Waals surface area contributed by atoms with Crippen LogP contribution in [0.15, 0.2) is 36.5 Å². The average Bonchev–Trinajstić information content (AvgIpc) is 2.98. The Hall–Kier alpha value is -3.23. The van der Waals surface area contributed by atoms with Gasteiger partial charge in [0.05, 0.1) is 5.69 Å². The van der Waals surface area contributed by atoms with Gasteiger partial charge in [-0.3, -0.25) is 9.59 Å². The van der Waals surface area contributed by atoms with Gasteiger partial charge in [-0.25, -0.2) is 4.79 Å². The first-order chi connectivity index (χ1) is 12.7. The van der Waals surface area contributed by atoms with Gasteiger partial charge in [-0.1, -0.05) is 12.1 Å². The number of benzene rings is 1. The molecule has 0 saturated carbocycles. The number of anilines is 1. The second kappa shape index (κ2) is 8.43. The molecule has 1 aromatic carbocycles. The molecule has 1 amide bonds. The molecule has 0 bridgehead atoms. The number of carbonyl (C=O) groups excluding carboxylic acids is 3. The molecule has 9 heteroatoms. The van der Waals surface area contributed by atoms with E-state index < -0.39 is 24.6 Å². The van der Waals surface area contributed by atoms with Gasteiger partial charge in [0.1, 0.15) is 11.4 Å². The standard InChI is InChI=1S/C18H18F2N2O5/c1-10(23)12-8-14(22(3)9-12)17(25)26-11(2)16(24)21-13-6-4-5-7-15(13)27-18(19)20/h4-9,11,18H,1-3H3,(H,21,24)/t11-/m0/s1. The maximum Gasteiger partial charge on any atom is 0.387 e. The molecule has 0 aliphatic rings. The van der Waals surface area contributed by atoms with E-state index in [2.05, 4.69) is 10.1 Å². The van der Waals surface area contributed by atoms with Crippen molar-refractivity contribution in [3.8, 4) is 5.75 Å². The topological polar surface area (TPSA) is 86.6 Å². The van der Waals surface area contributed by atoms with Crippen LogP contribution >= 0.6 is 0 Å². The normalized spacial score (nSPS) is 11.8. The molecule has 1 aromatic heterocycles. The third-order valence-corrected chi connectivity index (χ3v) is 3.63. The fraction of sp³-hybridized carbons (Fsp3) is 0.278. The van der Waals surface area contributed by atoms with E-state index in [0.717, 1.165) is 0 Å². The number of alkyl halides is 2. The lowest BCUT2D eigenvalue weighted by Gasteiger charge is -2.15. The summed E-state index contributed by atoms with van der Waals surface area (Å²) in [6.07, 6.45) is 0.259. The average molecular weight is 380 g/mol. The maximum absolute atomic E-state index is 12.4. The van der Waals surface area contributed by atoms with E-state index in [0.29, 0.717) is 5.56 Å². The van der Waals surface area contributed by atoms with Crippen molar-refractivity contribution in [1.29, 1.82) is 0 Å². The number of aromatic nitrogens is 1. The van der Waals surface area contributed by atoms with Gasteiger partial charge in [0.25, 0.3) is 5.91 Å². The fourth-order valence-corrected chi connectivity index (χ4v) is 2.24. The quantitative estimate of drug-likeness (QED) is 0.589. The second-order valence-corrected chi connectivity index (χ2v) is 5.69. The Morgan fingerprint density at radius 2 is 1.85 bits per heavy atom. The number of esters is 1. The molecule has 7 nitrogen and oxygen atoms in total. The van der Waals surface area contributed by atoms with Gasteiger partial charge in [-0.15, -0.1) is 0 Å². The van der Waals surface area contributed by atoms with Gasteiger partial charge in [-0.2, -0.15) is 8.78 Å². The molecule has 144 valence electrons. The van der Waals surface area contributed by atoms with Crippen molar-refractivity contribution in [2.75, 3.05) is 5.32 Å². The first kappa shape index (κ1) is 20.1. The number of halogens is 2. The number of amides is 1. The van der Waals surface area contributed by atoms with Crippen LogP contribution in [0.2, 0.25) is 0 Å². The van der Waals surface area contributed by atoms with Crippen LogP contribution in [0.25, 0.3) is 0 Å². The molecule has 1 N–H and O–H groups in total. The zero-order valence-electron chi connectivity index (χ0n) is 14.9. The molecule has 0 unspecified atom stereocenters. The molecule has 0 radical (unpaired) electrons. The molecule has 0 spiro atoms. The van der Waals surface area contributed by atoms with E-state index in [4.69, 9.17) is 4.74 Å². The highest BCUT2D eigenvalue weighted by Gasteiger charge is 2.23. The SMILES string of the molecule is CC(=O)c1cc(C(=O)O[C@@H](C)C(=O)Nc2ccccc2OC(F)F)n(C)c1. The molecule has 0 aliphatic heterocycles. The highest BCUT2D eigenvalue weighted by atomic mass is 19.3. The monoisotopic (exact) mass is 380 g/mol. The number of Topliss-reactive ketones (excluding diaryl/α,β-unsaturated/α-hetero) is 1. The van der Waals surface area contributed by atoms with Crippen molar-refractivity contribution in [1.82, 2.24) is 4.57 Å². The number of rotatable bonds is 7. The summed E-state index contributed by atoms with van der Waals surface area (Å²) in [5, 5.41) is 2.38. The number of hydrogen-bond acceptors (Lipinski definition) is 5. The summed E-state index contributed by atoms with van der Waals surface area (Å²) < 4.78 is 35.7. The molecular weight excluding hydrogens is 362 g/mol. The lowest BCUT2D eigenvalue weighted by atomic mass is 10.2. The smallest absolute Gasteiger partial charge is 0.387 e. The number of aryl methyl sites for hydroxylation is 1. The van der Waals surface area contributed by atoms with Crippen LogP contribution in [0.1, 0.15) is 34.7 Å². The van der Waals surface area contributed by atoms with Crippen molar-refractivity contribution < 1.29 is 32.6 Å². The van der Waals surface area contributed by atoms with E-state index in [9.17, 15) is 23.2 Å². The van der Waals surface area contributed by atoms with Crippen molar-refractivity contribution >= 4 is 23.3 Å². The summed E-state index contributed by atoms with van der Waals surface area (Å²) in [5.41, 5.74) is 0.448. The fourth-order valence-electron chi connectivity index (χ4n) is 2.24. The largest absolute Gasteiger partial charge is 0.448 e. The zero-order chi connectivity index (χ0) is 20.1. The van der Waals surface area contributed by atoms with Crippen molar-refractivity contribution in [3.05, 3.63) is 47.8 Å². The summed E-state index contributed by atoms with van der Waals surface area (Å²) in [7, 11) is 1.56. The van der Waals surface area contributed by atoms with Crippen molar-refractivity contribution in [3.63, 3.8) is 0 Å². The molecular formula is C18H18F2N2O5. The Morgan fingerprint density at radius 1 is 1.19 bits per heavy atom. The van der Waals surface area contributed by atoms with Crippen LogP contribution in [-0.4, -0.2) is 34.9 Å². The molecule has 0 fully saturated rings. The number of para-hydroxylation sites is 2. The molecule has 2 rings (SSSR count). The second-order valence-electron chi connectivity index (χ2n) is 5.69. The number of ketones is 1. The van der Waals surface area contributed by atoms with E-state index in [-0.39, 0.29) is 22.9 Å². The molecule has 0 saturated heterocycles. The van der Waals surface area contributed by atoms with Gasteiger partial charge in [0, 0.05) is 18.8 Å². The van der Waals surface area contributed by atoms with Crippen LogP contribution in [0.4, 0.5) is 14.5 Å². The van der Waals surface area contributed by atoms with Crippen LogP contribution in [-0.2, 0) is 16.6 Å². The number of hydrogen-bond donors (Lipinski definition) is 1. The Kier molecular flexibility index (Phi) is 6.27. The van der Waals surface area contributed by atoms with Gasteiger partial charge in [0.2, 0.25) is 0 Å². The highest BCUT2D eigenvalue weighted by Crippen LogP contribution is 2.25. The highest BCUT2D eigenvalue weighted by molar-refractivity contribution is 6.00. The minimum atomic E-state index is -3.05. The van der Waals surface area contributed by atoms with Crippen LogP contribution in [0, 0.1) is 0 Å². The number of ether oxygens (including phenoxy) is 2. The zero-order valence-corrected chi connectivity index (χ0v) is 14.9. The Bertz CT molecular complexity index is 863. The van der Waals surface area contributed by atoms with Crippen molar-refractivity contribution in [2.24, 2.45) is 7.05 Å². The predicted octanol–water partition coefficient (Wildman–Crippen LogP) is 3.01. The first-order valence-corrected chi connectivity index (χ1v) is 7.92. The van der Waals surface area contributed by atoms with E-state index in [1.54, 1.807) is 7.05 Å². The number of carbonyl (C=O) groups is 3. The summed E-state index contributed by atoms with van der Waals surface area (Å²) in [6, 6.07) is 7.00. The molecule has 0 aliphatic carbocycles. The summed E-state index contributed by atoms with van der Waals surface area (Å²) >= 11 is 0. The number of nitrogens with one attached hydrogen (secondary N) is 1. The van der Waals surface area contributed by atoms with Crippen LogP contribution < -0.4 is 10.1 Å². The van der Waals surface area contributed by atoms with E-state index in [1.807, 2.05) is 0 Å². The minimum Gasteiger partial charge on any atom is -0.448 e. The molecule has 1 heterocycles. The summed E-state index contributed by atoms with van der Waals surface area (Å²) in [4.78, 5) is 35.8. The van der Waals surface area contributed by atoms with Gasteiger partial charge < -0.3 is 19.4 Å². The maximum atomic E-state index is 12.4. The van der Waals surface area contributed by atoms with Gasteiger partial charge >= 0.3 is 12.6 Å². The van der Waals surface area contributed by atoms with Gasteiger partial charge in [-0.05, 0) is 32.0 Å². The lowest BCUT2D eigenvalue weighted by Crippen LogP contribution is -2.30. The molecule has 2 aromatic rings. The van der Waals surface area contributed by atoms with E-state index >= 15 is 0 Å². The van der Waals surface area contributed by atoms with Crippen LogP contribution in [0.5, 0.6) is 5.75 Å². The third kappa shape index (κ3) is 5.13. The first-order valence-electron chi connectivity index (χ1n) is 7.92. The Morgan fingerprint density at radius 3 is 2.44 bits per heavy atom. The van der Waals surface area contributed by atoms with E-state index in [1.165, 1.54) is 54.9 Å². The third-order valence-electron chi connectivity index (χ3n) is 3.63. The van der Waals surface area contributed by atoms with Crippen molar-refractivity contribution in [2.45, 2.75) is 26.6 Å². The summed E-state index contributed by atoms with van der Waals surface area (Å²) in [5.74, 6) is -1.96. The Balaban J connectivity index is 2.06. The Labute approximate surface area is 153 Å². The van der Waals surface area contributed by atoms with Gasteiger partial charge in [0.15, 0.2) is 11.9 Å². The summed E-state index contributed by atoms with van der Waals surface area (Å²) in [6.45, 7) is -0.357. The number of nitrogens with zero attached hydrogens (tertiary/aromatic N) is 1. The lowest BCUT2D eigenvalue weighted by molar-refractivity contribution is -0.123. The molecule has 27 heavy (non-hydrogen) atoms. The molecule has 1 atom stereocenters. The van der Waals surface area contributed by atoms with Crippen LogP contribution in [0.3, 0.4) is 0 Å².